The highest BCUT2D eigenvalue weighted by Gasteiger charge is 2.31. The Labute approximate surface area is 122 Å². The van der Waals surface area contributed by atoms with Gasteiger partial charge in [-0.1, -0.05) is 0 Å². The molecular formula is C14H21NO4S. The minimum atomic E-state index is -0.231. The molecule has 0 unspecified atom stereocenters. The SMILES string of the molecule is COC(=O)Cc1ccc(CNC2(CO)CCOCC2)s1. The van der Waals surface area contributed by atoms with E-state index >= 15 is 0 Å². The summed E-state index contributed by atoms with van der Waals surface area (Å²) >= 11 is 1.60. The molecular weight excluding hydrogens is 278 g/mol. The van der Waals surface area contributed by atoms with Gasteiger partial charge in [0, 0.05) is 35.1 Å². The van der Waals surface area contributed by atoms with E-state index in [2.05, 4.69) is 10.1 Å². The molecule has 0 radical (unpaired) electrons. The zero-order valence-electron chi connectivity index (χ0n) is 11.7. The second kappa shape index (κ2) is 7.17. The summed E-state index contributed by atoms with van der Waals surface area (Å²) < 4.78 is 10.00. The van der Waals surface area contributed by atoms with Crippen molar-refractivity contribution in [3.05, 3.63) is 21.9 Å². The molecule has 0 aliphatic carbocycles. The van der Waals surface area contributed by atoms with Crippen molar-refractivity contribution in [2.24, 2.45) is 0 Å². The Bertz CT molecular complexity index is 440. The van der Waals surface area contributed by atoms with Crippen LogP contribution in [0.5, 0.6) is 0 Å². The maximum Gasteiger partial charge on any atom is 0.310 e. The van der Waals surface area contributed by atoms with E-state index in [1.807, 2.05) is 12.1 Å². The topological polar surface area (TPSA) is 67.8 Å². The molecule has 1 aromatic rings. The number of nitrogens with one attached hydrogen (secondary N) is 1. The molecule has 1 aliphatic heterocycles. The van der Waals surface area contributed by atoms with Gasteiger partial charge in [0.1, 0.15) is 0 Å². The minimum Gasteiger partial charge on any atom is -0.469 e. The third kappa shape index (κ3) is 4.02. The fourth-order valence-electron chi connectivity index (χ4n) is 2.25. The summed E-state index contributed by atoms with van der Waals surface area (Å²) in [6, 6.07) is 3.97. The number of hydrogen-bond acceptors (Lipinski definition) is 6. The van der Waals surface area contributed by atoms with Crippen LogP contribution < -0.4 is 5.32 Å². The average Bonchev–Trinajstić information content (AvgIpc) is 2.93. The molecule has 2 rings (SSSR count). The molecule has 1 fully saturated rings. The lowest BCUT2D eigenvalue weighted by molar-refractivity contribution is -0.139. The molecule has 0 bridgehead atoms. The molecule has 0 aromatic carbocycles. The van der Waals surface area contributed by atoms with Gasteiger partial charge in [-0.2, -0.15) is 0 Å². The van der Waals surface area contributed by atoms with E-state index in [9.17, 15) is 9.90 Å². The Kier molecular flexibility index (Phi) is 5.54. The van der Waals surface area contributed by atoms with Gasteiger partial charge in [0.15, 0.2) is 0 Å². The summed E-state index contributed by atoms with van der Waals surface area (Å²) in [6.45, 7) is 2.19. The molecule has 5 nitrogen and oxygen atoms in total. The zero-order chi connectivity index (χ0) is 14.4. The zero-order valence-corrected chi connectivity index (χ0v) is 12.5. The van der Waals surface area contributed by atoms with E-state index in [4.69, 9.17) is 4.74 Å². The lowest BCUT2D eigenvalue weighted by atomic mass is 9.91. The molecule has 0 amide bonds. The van der Waals surface area contributed by atoms with Crippen LogP contribution in [0, 0.1) is 0 Å². The normalized spacial score (nSPS) is 17.9. The number of aliphatic hydroxyl groups is 1. The van der Waals surface area contributed by atoms with Crippen molar-refractivity contribution in [3.63, 3.8) is 0 Å². The second-order valence-electron chi connectivity index (χ2n) is 5.03. The van der Waals surface area contributed by atoms with Crippen molar-refractivity contribution in [2.75, 3.05) is 26.9 Å². The van der Waals surface area contributed by atoms with Crippen LogP contribution in [0.1, 0.15) is 22.6 Å². The van der Waals surface area contributed by atoms with Crippen molar-refractivity contribution in [3.8, 4) is 0 Å². The van der Waals surface area contributed by atoms with E-state index in [0.717, 1.165) is 22.6 Å². The number of hydrogen-bond donors (Lipinski definition) is 2. The first-order chi connectivity index (χ1) is 9.67. The van der Waals surface area contributed by atoms with Crippen LogP contribution in [-0.4, -0.2) is 43.5 Å². The summed E-state index contributed by atoms with van der Waals surface area (Å²) in [7, 11) is 1.40. The standard InChI is InChI=1S/C14H21NO4S/c1-18-13(17)8-11-2-3-12(20-11)9-15-14(10-16)4-6-19-7-5-14/h2-3,15-16H,4-10H2,1H3. The van der Waals surface area contributed by atoms with Gasteiger partial charge in [0.2, 0.25) is 0 Å². The van der Waals surface area contributed by atoms with Crippen molar-refractivity contribution in [1.82, 2.24) is 5.32 Å². The van der Waals surface area contributed by atoms with Gasteiger partial charge in [0.25, 0.3) is 0 Å². The Morgan fingerprint density at radius 2 is 2.15 bits per heavy atom. The van der Waals surface area contributed by atoms with Crippen LogP contribution in [0.15, 0.2) is 12.1 Å². The number of esters is 1. The van der Waals surface area contributed by atoms with E-state index < -0.39 is 0 Å². The van der Waals surface area contributed by atoms with Crippen LogP contribution in [0.25, 0.3) is 0 Å². The van der Waals surface area contributed by atoms with Gasteiger partial charge in [-0.25, -0.2) is 0 Å². The number of ether oxygens (including phenoxy) is 2. The molecule has 112 valence electrons. The predicted octanol–water partition coefficient (Wildman–Crippen LogP) is 1.09. The fourth-order valence-corrected chi connectivity index (χ4v) is 3.20. The number of thiophene rings is 1. The molecule has 2 N–H and O–H groups in total. The molecule has 1 aliphatic rings. The van der Waals surface area contributed by atoms with Crippen LogP contribution in [0.2, 0.25) is 0 Å². The first-order valence-corrected chi connectivity index (χ1v) is 7.57. The van der Waals surface area contributed by atoms with E-state index in [1.165, 1.54) is 7.11 Å². The summed E-state index contributed by atoms with van der Waals surface area (Å²) in [4.78, 5) is 13.4. The summed E-state index contributed by atoms with van der Waals surface area (Å²) in [5.41, 5.74) is -0.231. The van der Waals surface area contributed by atoms with Crippen LogP contribution in [0.4, 0.5) is 0 Å². The first kappa shape index (κ1) is 15.4. The maximum atomic E-state index is 11.2. The number of methoxy groups -OCH3 is 1. The summed E-state index contributed by atoms with van der Waals surface area (Å²) in [5, 5.41) is 13.0. The minimum absolute atomic E-state index is 0.122. The second-order valence-corrected chi connectivity index (χ2v) is 6.28. The van der Waals surface area contributed by atoms with Gasteiger partial charge >= 0.3 is 5.97 Å². The van der Waals surface area contributed by atoms with E-state index in [-0.39, 0.29) is 18.1 Å². The van der Waals surface area contributed by atoms with Crippen molar-refractivity contribution in [2.45, 2.75) is 31.3 Å². The summed E-state index contributed by atoms with van der Waals surface area (Å²) in [5.74, 6) is -0.220. The number of carbonyl (C=O) groups is 1. The molecule has 0 atom stereocenters. The molecule has 0 spiro atoms. The molecule has 20 heavy (non-hydrogen) atoms. The van der Waals surface area contributed by atoms with Crippen LogP contribution in [-0.2, 0) is 27.2 Å². The molecule has 2 heterocycles. The van der Waals surface area contributed by atoms with Gasteiger partial charge in [-0.05, 0) is 25.0 Å². The van der Waals surface area contributed by atoms with E-state index in [1.54, 1.807) is 11.3 Å². The monoisotopic (exact) mass is 299 g/mol. The lowest BCUT2D eigenvalue weighted by Crippen LogP contribution is -2.51. The Balaban J connectivity index is 1.88. The fraction of sp³-hybridized carbons (Fsp3) is 0.643. The largest absolute Gasteiger partial charge is 0.469 e. The van der Waals surface area contributed by atoms with Gasteiger partial charge in [0.05, 0.1) is 20.1 Å². The van der Waals surface area contributed by atoms with Crippen LogP contribution >= 0.6 is 11.3 Å². The Morgan fingerprint density at radius 1 is 1.45 bits per heavy atom. The smallest absolute Gasteiger partial charge is 0.310 e. The third-order valence-electron chi connectivity index (χ3n) is 3.65. The quantitative estimate of drug-likeness (QED) is 0.770. The third-order valence-corrected chi connectivity index (χ3v) is 4.74. The average molecular weight is 299 g/mol. The highest BCUT2D eigenvalue weighted by Crippen LogP contribution is 2.23. The van der Waals surface area contributed by atoms with Gasteiger partial charge in [-0.3, -0.25) is 4.79 Å². The van der Waals surface area contributed by atoms with E-state index in [0.29, 0.717) is 26.2 Å². The van der Waals surface area contributed by atoms with Crippen molar-refractivity contribution < 1.29 is 19.4 Å². The first-order valence-electron chi connectivity index (χ1n) is 6.75. The van der Waals surface area contributed by atoms with Crippen LogP contribution in [0.3, 0.4) is 0 Å². The summed E-state index contributed by atoms with van der Waals surface area (Å²) in [6.07, 6.45) is 1.97. The highest BCUT2D eigenvalue weighted by molar-refractivity contribution is 7.12. The molecule has 0 saturated carbocycles. The molecule has 1 saturated heterocycles. The highest BCUT2D eigenvalue weighted by atomic mass is 32.1. The molecule has 1 aromatic heterocycles. The molecule has 6 heteroatoms. The Hall–Kier alpha value is -0.950. The number of carbonyl (C=O) groups excluding carboxylic acids is 1. The lowest BCUT2D eigenvalue weighted by Gasteiger charge is -2.36. The van der Waals surface area contributed by atoms with Crippen molar-refractivity contribution in [1.29, 1.82) is 0 Å². The number of rotatable bonds is 6. The Morgan fingerprint density at radius 3 is 2.80 bits per heavy atom. The van der Waals surface area contributed by atoms with Crippen molar-refractivity contribution >= 4 is 17.3 Å². The predicted molar refractivity (Wildman–Crippen MR) is 76.7 cm³/mol. The number of aliphatic hydroxyl groups excluding tert-OH is 1. The van der Waals surface area contributed by atoms with Gasteiger partial charge < -0.3 is 19.9 Å². The maximum absolute atomic E-state index is 11.2. The van der Waals surface area contributed by atoms with Gasteiger partial charge in [-0.15, -0.1) is 11.3 Å².